The van der Waals surface area contributed by atoms with Gasteiger partial charge in [0.05, 0.1) is 0 Å². The van der Waals surface area contributed by atoms with Crippen molar-refractivity contribution in [3.05, 3.63) is 67.6 Å². The van der Waals surface area contributed by atoms with Gasteiger partial charge in [0.15, 0.2) is 0 Å². The molecule has 1 amide bonds. The number of aromatic nitrogens is 1. The predicted octanol–water partition coefficient (Wildman–Crippen LogP) is 2.58. The number of benzene rings is 1. The smallest absolute Gasteiger partial charge is 0.251 e. The molecule has 2 rings (SSSR count). The van der Waals surface area contributed by atoms with E-state index in [9.17, 15) is 9.59 Å². The lowest BCUT2D eigenvalue weighted by molar-refractivity contribution is 0.0952. The summed E-state index contributed by atoms with van der Waals surface area (Å²) in [4.78, 5) is 23.6. The van der Waals surface area contributed by atoms with Crippen LogP contribution in [0.4, 0.5) is 0 Å². The van der Waals surface area contributed by atoms with E-state index in [1.54, 1.807) is 16.8 Å². The molecule has 0 aliphatic rings. The van der Waals surface area contributed by atoms with Crippen LogP contribution in [-0.2, 0) is 6.54 Å². The van der Waals surface area contributed by atoms with E-state index in [-0.39, 0.29) is 11.5 Å². The second-order valence-electron chi connectivity index (χ2n) is 4.85. The molecule has 1 aromatic carbocycles. The van der Waals surface area contributed by atoms with Gasteiger partial charge in [-0.15, -0.1) is 0 Å². The summed E-state index contributed by atoms with van der Waals surface area (Å²) in [5.74, 6) is -0.0809. The summed E-state index contributed by atoms with van der Waals surface area (Å²) in [5.41, 5.74) is 1.62. The molecule has 2 aromatic rings. The average Bonchev–Trinajstić information content (AvgIpc) is 2.46. The van der Waals surface area contributed by atoms with Gasteiger partial charge < -0.3 is 9.88 Å². The van der Waals surface area contributed by atoms with Crippen molar-refractivity contribution < 1.29 is 4.79 Å². The molecule has 0 bridgehead atoms. The Kier molecular flexibility index (Phi) is 5.55. The van der Waals surface area contributed by atoms with Gasteiger partial charge in [-0.05, 0) is 71.8 Å². The molecule has 0 spiro atoms. The Hall–Kier alpha value is -1.63. The van der Waals surface area contributed by atoms with E-state index >= 15 is 0 Å². The molecule has 1 N–H and O–H groups in total. The highest BCUT2D eigenvalue weighted by atomic mass is 127. The summed E-state index contributed by atoms with van der Waals surface area (Å²) in [6, 6.07) is 10.9. The number of rotatable bonds is 5. The molecule has 0 saturated heterocycles. The molecule has 0 aliphatic carbocycles. The van der Waals surface area contributed by atoms with E-state index in [1.165, 1.54) is 0 Å². The van der Waals surface area contributed by atoms with Crippen LogP contribution in [0.1, 0.15) is 22.3 Å². The molecule has 0 radical (unpaired) electrons. The number of amides is 1. The summed E-state index contributed by atoms with van der Waals surface area (Å²) in [7, 11) is 0. The number of halogens is 1. The number of hydrogen-bond donors (Lipinski definition) is 1. The molecular formula is C16H17IN2O2. The molecule has 110 valence electrons. The molecule has 0 unspecified atom stereocenters. The second-order valence-corrected chi connectivity index (χ2v) is 6.10. The lowest BCUT2D eigenvalue weighted by Crippen LogP contribution is -2.26. The van der Waals surface area contributed by atoms with E-state index in [0.29, 0.717) is 18.7 Å². The Morgan fingerprint density at radius 2 is 1.95 bits per heavy atom. The fourth-order valence-corrected chi connectivity index (χ4v) is 2.31. The largest absolute Gasteiger partial charge is 0.352 e. The number of nitrogens with zero attached hydrogens (tertiary/aromatic N) is 1. The topological polar surface area (TPSA) is 51.1 Å². The molecule has 4 nitrogen and oxygen atoms in total. The van der Waals surface area contributed by atoms with E-state index in [0.717, 1.165) is 15.6 Å². The third-order valence-corrected chi connectivity index (χ3v) is 3.84. The lowest BCUT2D eigenvalue weighted by Gasteiger charge is -2.07. The van der Waals surface area contributed by atoms with Crippen LogP contribution in [-0.4, -0.2) is 17.0 Å². The molecule has 5 heteroatoms. The first-order valence-corrected chi connectivity index (χ1v) is 7.85. The molecule has 1 aromatic heterocycles. The van der Waals surface area contributed by atoms with Crippen molar-refractivity contribution >= 4 is 28.5 Å². The first-order chi connectivity index (χ1) is 10.1. The van der Waals surface area contributed by atoms with Gasteiger partial charge in [0.1, 0.15) is 0 Å². The first kappa shape index (κ1) is 15.8. The van der Waals surface area contributed by atoms with Gasteiger partial charge in [0, 0.05) is 34.5 Å². The van der Waals surface area contributed by atoms with E-state index < -0.39 is 0 Å². The number of hydrogen-bond acceptors (Lipinski definition) is 2. The molecule has 0 atom stereocenters. The quantitative estimate of drug-likeness (QED) is 0.624. The second kappa shape index (κ2) is 7.40. The maximum atomic E-state index is 11.9. The number of nitrogens with one attached hydrogen (secondary N) is 1. The molecule has 1 heterocycles. The van der Waals surface area contributed by atoms with Crippen molar-refractivity contribution in [2.75, 3.05) is 6.54 Å². The van der Waals surface area contributed by atoms with Crippen molar-refractivity contribution in [2.45, 2.75) is 19.9 Å². The van der Waals surface area contributed by atoms with Crippen molar-refractivity contribution in [3.8, 4) is 0 Å². The Morgan fingerprint density at radius 3 is 2.62 bits per heavy atom. The molecule has 0 saturated carbocycles. The Morgan fingerprint density at radius 1 is 1.24 bits per heavy atom. The van der Waals surface area contributed by atoms with Crippen molar-refractivity contribution in [1.29, 1.82) is 0 Å². The van der Waals surface area contributed by atoms with E-state index in [4.69, 9.17) is 0 Å². The normalized spacial score (nSPS) is 10.4. The summed E-state index contributed by atoms with van der Waals surface area (Å²) in [5, 5.41) is 2.86. The summed E-state index contributed by atoms with van der Waals surface area (Å²) in [6.45, 7) is 3.05. The van der Waals surface area contributed by atoms with Crippen LogP contribution in [0.25, 0.3) is 0 Å². The zero-order chi connectivity index (χ0) is 15.2. The Labute approximate surface area is 137 Å². The van der Waals surface area contributed by atoms with Gasteiger partial charge in [0.2, 0.25) is 0 Å². The first-order valence-electron chi connectivity index (χ1n) is 6.77. The van der Waals surface area contributed by atoms with Crippen molar-refractivity contribution in [2.24, 2.45) is 0 Å². The molecule has 0 fully saturated rings. The van der Waals surface area contributed by atoms with Gasteiger partial charge in [-0.1, -0.05) is 0 Å². The monoisotopic (exact) mass is 396 g/mol. The van der Waals surface area contributed by atoms with Crippen LogP contribution in [0, 0.1) is 10.5 Å². The van der Waals surface area contributed by atoms with Gasteiger partial charge >= 0.3 is 0 Å². The Balaban J connectivity index is 1.80. The highest BCUT2D eigenvalue weighted by molar-refractivity contribution is 14.1. The van der Waals surface area contributed by atoms with Crippen LogP contribution in [0.2, 0.25) is 0 Å². The zero-order valence-electron chi connectivity index (χ0n) is 11.8. The molecular weight excluding hydrogens is 379 g/mol. The van der Waals surface area contributed by atoms with Gasteiger partial charge in [-0.2, -0.15) is 0 Å². The van der Waals surface area contributed by atoms with Crippen LogP contribution in [0.3, 0.4) is 0 Å². The maximum Gasteiger partial charge on any atom is 0.251 e. The summed E-state index contributed by atoms with van der Waals surface area (Å²) >= 11 is 2.20. The number of aryl methyl sites for hydroxylation is 2. The number of carbonyl (C=O) groups excluding carboxylic acids is 1. The molecule has 0 aliphatic heterocycles. The van der Waals surface area contributed by atoms with Crippen LogP contribution >= 0.6 is 22.6 Å². The zero-order valence-corrected chi connectivity index (χ0v) is 14.0. The van der Waals surface area contributed by atoms with Gasteiger partial charge in [0.25, 0.3) is 11.5 Å². The highest BCUT2D eigenvalue weighted by Crippen LogP contribution is 2.06. The summed E-state index contributed by atoms with van der Waals surface area (Å²) in [6.07, 6.45) is 2.51. The van der Waals surface area contributed by atoms with Crippen LogP contribution in [0.15, 0.2) is 47.4 Å². The lowest BCUT2D eigenvalue weighted by atomic mass is 10.2. The Bertz CT molecular complexity index is 677. The fourth-order valence-electron chi connectivity index (χ4n) is 1.95. The van der Waals surface area contributed by atoms with Gasteiger partial charge in [-0.25, -0.2) is 0 Å². The van der Waals surface area contributed by atoms with Gasteiger partial charge in [-0.3, -0.25) is 9.59 Å². The fraction of sp³-hybridized carbons (Fsp3) is 0.250. The SMILES string of the molecule is Cc1ccn(CCCNC(=O)c2ccc(I)cc2)c(=O)c1. The average molecular weight is 396 g/mol. The minimum absolute atomic E-state index is 0.000962. The van der Waals surface area contributed by atoms with E-state index in [2.05, 4.69) is 27.9 Å². The number of carbonyl (C=O) groups is 1. The molecule has 21 heavy (non-hydrogen) atoms. The predicted molar refractivity (Wildman–Crippen MR) is 91.5 cm³/mol. The van der Waals surface area contributed by atoms with Crippen molar-refractivity contribution in [1.82, 2.24) is 9.88 Å². The third-order valence-electron chi connectivity index (χ3n) is 3.12. The van der Waals surface area contributed by atoms with Crippen LogP contribution < -0.4 is 10.9 Å². The van der Waals surface area contributed by atoms with Crippen LogP contribution in [0.5, 0.6) is 0 Å². The highest BCUT2D eigenvalue weighted by Gasteiger charge is 2.04. The maximum absolute atomic E-state index is 11.9. The number of pyridine rings is 1. The summed E-state index contributed by atoms with van der Waals surface area (Å²) < 4.78 is 2.76. The third kappa shape index (κ3) is 4.70. The van der Waals surface area contributed by atoms with E-state index in [1.807, 2.05) is 37.3 Å². The minimum Gasteiger partial charge on any atom is -0.352 e. The minimum atomic E-state index is -0.0809. The standard InChI is InChI=1S/C16H17IN2O2/c1-12-7-10-19(15(20)11-12)9-2-8-18-16(21)13-3-5-14(17)6-4-13/h3-7,10-11H,2,8-9H2,1H3,(H,18,21). The van der Waals surface area contributed by atoms with Crippen molar-refractivity contribution in [3.63, 3.8) is 0 Å².